The number of hydrogen-bond donors (Lipinski definition) is 0. The third-order valence-corrected chi connectivity index (χ3v) is 4.65. The zero-order valence-electron chi connectivity index (χ0n) is 15.1. The van der Waals surface area contributed by atoms with E-state index in [4.69, 9.17) is 4.98 Å². The molecule has 3 rings (SSSR count). The lowest BCUT2D eigenvalue weighted by Gasteiger charge is -2.34. The first-order valence-electron chi connectivity index (χ1n) is 8.71. The van der Waals surface area contributed by atoms with Crippen molar-refractivity contribution in [2.45, 2.75) is 6.92 Å². The first-order valence-corrected chi connectivity index (χ1v) is 8.71. The van der Waals surface area contributed by atoms with Crippen LogP contribution >= 0.6 is 0 Å². The summed E-state index contributed by atoms with van der Waals surface area (Å²) in [5.74, 6) is 1.37. The van der Waals surface area contributed by atoms with Gasteiger partial charge in [0.15, 0.2) is 5.82 Å². The number of carbonyl (C=O) groups is 1. The zero-order valence-corrected chi connectivity index (χ0v) is 15.1. The fourth-order valence-corrected chi connectivity index (χ4v) is 2.86. The van der Waals surface area contributed by atoms with Gasteiger partial charge in [0.1, 0.15) is 11.4 Å². The van der Waals surface area contributed by atoms with Crippen LogP contribution in [0.25, 0.3) is 11.4 Å². The van der Waals surface area contributed by atoms with Gasteiger partial charge in [-0.1, -0.05) is 30.3 Å². The van der Waals surface area contributed by atoms with Crippen molar-refractivity contribution in [2.24, 2.45) is 0 Å². The number of carbonyl (C=O) groups excluding carboxylic acids is 1. The number of rotatable bonds is 4. The summed E-state index contributed by atoms with van der Waals surface area (Å²) in [6, 6.07) is 9.89. The quantitative estimate of drug-likeness (QED) is 0.853. The van der Waals surface area contributed by atoms with Gasteiger partial charge >= 0.3 is 0 Å². The Bertz CT molecular complexity index is 726. The summed E-state index contributed by atoms with van der Waals surface area (Å²) in [6.45, 7) is 6.26. The molecule has 25 heavy (non-hydrogen) atoms. The highest BCUT2D eigenvalue weighted by Gasteiger charge is 2.24. The van der Waals surface area contributed by atoms with Gasteiger partial charge in [-0.25, -0.2) is 9.97 Å². The molecule has 1 aliphatic rings. The number of piperazine rings is 1. The van der Waals surface area contributed by atoms with E-state index in [1.807, 2.05) is 37.3 Å². The van der Waals surface area contributed by atoms with Crippen LogP contribution in [0.2, 0.25) is 0 Å². The molecule has 0 N–H and O–H groups in total. The molecule has 0 saturated carbocycles. The molecule has 1 aromatic heterocycles. The molecule has 6 nitrogen and oxygen atoms in total. The van der Waals surface area contributed by atoms with Gasteiger partial charge in [-0.05, 0) is 14.0 Å². The molecule has 1 aliphatic heterocycles. The third kappa shape index (κ3) is 3.79. The molecule has 0 radical (unpaired) electrons. The Labute approximate surface area is 149 Å². The zero-order chi connectivity index (χ0) is 17.8. The molecule has 6 heteroatoms. The molecule has 1 saturated heterocycles. The molecule has 0 atom stereocenters. The normalized spacial score (nSPS) is 15.2. The van der Waals surface area contributed by atoms with E-state index in [0.29, 0.717) is 17.9 Å². The maximum absolute atomic E-state index is 12.8. The van der Waals surface area contributed by atoms with Gasteiger partial charge in [-0.2, -0.15) is 0 Å². The minimum atomic E-state index is -0.0314. The largest absolute Gasteiger partial charge is 0.353 e. The summed E-state index contributed by atoms with van der Waals surface area (Å²) >= 11 is 0. The predicted octanol–water partition coefficient (Wildman–Crippen LogP) is 1.99. The van der Waals surface area contributed by atoms with Crippen molar-refractivity contribution in [3.05, 3.63) is 42.1 Å². The number of nitrogens with zero attached hydrogens (tertiary/aromatic N) is 5. The third-order valence-electron chi connectivity index (χ3n) is 4.65. The molecule has 0 aliphatic carbocycles. The van der Waals surface area contributed by atoms with Crippen molar-refractivity contribution in [3.63, 3.8) is 0 Å². The summed E-state index contributed by atoms with van der Waals surface area (Å²) in [7, 11) is 3.92. The Morgan fingerprint density at radius 3 is 2.48 bits per heavy atom. The fourth-order valence-electron chi connectivity index (χ4n) is 2.86. The lowest BCUT2D eigenvalue weighted by Crippen LogP contribution is -2.45. The minimum absolute atomic E-state index is 0.0314. The molecule has 0 spiro atoms. The minimum Gasteiger partial charge on any atom is -0.353 e. The van der Waals surface area contributed by atoms with E-state index in [1.54, 1.807) is 18.1 Å². The van der Waals surface area contributed by atoms with Gasteiger partial charge < -0.3 is 14.7 Å². The van der Waals surface area contributed by atoms with Crippen LogP contribution in [0.3, 0.4) is 0 Å². The van der Waals surface area contributed by atoms with Crippen LogP contribution < -0.4 is 4.90 Å². The van der Waals surface area contributed by atoms with E-state index in [0.717, 1.165) is 37.6 Å². The molecular weight excluding hydrogens is 314 g/mol. The molecule has 0 bridgehead atoms. The van der Waals surface area contributed by atoms with E-state index >= 15 is 0 Å². The summed E-state index contributed by atoms with van der Waals surface area (Å²) in [4.78, 5) is 28.2. The Balaban J connectivity index is 2.01. The lowest BCUT2D eigenvalue weighted by molar-refractivity contribution is 0.0802. The van der Waals surface area contributed by atoms with Gasteiger partial charge in [0.05, 0.1) is 0 Å². The van der Waals surface area contributed by atoms with Crippen LogP contribution in [0, 0.1) is 0 Å². The molecular formula is C19H25N5O. The first-order chi connectivity index (χ1) is 12.1. The van der Waals surface area contributed by atoms with Gasteiger partial charge in [-0.15, -0.1) is 0 Å². The van der Waals surface area contributed by atoms with Crippen molar-refractivity contribution < 1.29 is 4.79 Å². The molecule has 1 amide bonds. The standard InChI is InChI=1S/C19H25N5O/c1-4-23(3)19(25)16-14-20-17(15-8-6-5-7-9-15)21-18(16)24-12-10-22(2)11-13-24/h5-9,14H,4,10-13H2,1-3H3. The second-order valence-corrected chi connectivity index (χ2v) is 6.41. The van der Waals surface area contributed by atoms with Gasteiger partial charge in [0.25, 0.3) is 5.91 Å². The average molecular weight is 339 g/mol. The SMILES string of the molecule is CCN(C)C(=O)c1cnc(-c2ccccc2)nc1N1CCN(C)CC1. The molecule has 2 heterocycles. The van der Waals surface area contributed by atoms with Crippen molar-refractivity contribution in [1.29, 1.82) is 0 Å². The van der Waals surface area contributed by atoms with Crippen molar-refractivity contribution >= 4 is 11.7 Å². The highest BCUT2D eigenvalue weighted by atomic mass is 16.2. The van der Waals surface area contributed by atoms with E-state index < -0.39 is 0 Å². The number of benzene rings is 1. The van der Waals surface area contributed by atoms with Crippen LogP contribution in [0.5, 0.6) is 0 Å². The van der Waals surface area contributed by atoms with Crippen LogP contribution in [-0.2, 0) is 0 Å². The number of amides is 1. The Morgan fingerprint density at radius 1 is 1.16 bits per heavy atom. The second-order valence-electron chi connectivity index (χ2n) is 6.41. The second kappa shape index (κ2) is 7.61. The number of hydrogen-bond acceptors (Lipinski definition) is 5. The van der Waals surface area contributed by atoms with Crippen LogP contribution in [0.15, 0.2) is 36.5 Å². The van der Waals surface area contributed by atoms with Crippen LogP contribution in [0.4, 0.5) is 5.82 Å². The van der Waals surface area contributed by atoms with Gasteiger partial charge in [0, 0.05) is 51.5 Å². The van der Waals surface area contributed by atoms with E-state index in [2.05, 4.69) is 21.8 Å². The van der Waals surface area contributed by atoms with Crippen molar-refractivity contribution in [2.75, 3.05) is 51.7 Å². The molecule has 0 unspecified atom stereocenters. The Kier molecular flexibility index (Phi) is 5.28. The number of anilines is 1. The average Bonchev–Trinajstić information content (AvgIpc) is 2.67. The molecule has 1 fully saturated rings. The fraction of sp³-hybridized carbons (Fsp3) is 0.421. The highest BCUT2D eigenvalue weighted by Crippen LogP contribution is 2.24. The van der Waals surface area contributed by atoms with E-state index in [9.17, 15) is 4.79 Å². The van der Waals surface area contributed by atoms with Crippen molar-refractivity contribution in [1.82, 2.24) is 19.8 Å². The summed E-state index contributed by atoms with van der Waals surface area (Å²) < 4.78 is 0. The van der Waals surface area contributed by atoms with Gasteiger partial charge in [0.2, 0.25) is 0 Å². The summed E-state index contributed by atoms with van der Waals surface area (Å²) in [5.41, 5.74) is 1.54. The number of aromatic nitrogens is 2. The van der Waals surface area contributed by atoms with Gasteiger partial charge in [-0.3, -0.25) is 4.79 Å². The Morgan fingerprint density at radius 2 is 1.84 bits per heavy atom. The van der Waals surface area contributed by atoms with Crippen molar-refractivity contribution in [3.8, 4) is 11.4 Å². The van der Waals surface area contributed by atoms with Crippen LogP contribution in [0.1, 0.15) is 17.3 Å². The smallest absolute Gasteiger partial charge is 0.258 e. The maximum Gasteiger partial charge on any atom is 0.258 e. The Hall–Kier alpha value is -2.47. The maximum atomic E-state index is 12.8. The summed E-state index contributed by atoms with van der Waals surface area (Å²) in [6.07, 6.45) is 1.68. The molecule has 1 aromatic carbocycles. The van der Waals surface area contributed by atoms with E-state index in [-0.39, 0.29) is 5.91 Å². The molecule has 2 aromatic rings. The first kappa shape index (κ1) is 17.4. The topological polar surface area (TPSA) is 52.6 Å². The monoisotopic (exact) mass is 339 g/mol. The summed E-state index contributed by atoms with van der Waals surface area (Å²) in [5, 5.41) is 0. The lowest BCUT2D eigenvalue weighted by atomic mass is 10.2. The molecule has 132 valence electrons. The highest BCUT2D eigenvalue weighted by molar-refractivity contribution is 5.98. The van der Waals surface area contributed by atoms with Crippen LogP contribution in [-0.4, -0.2) is 72.5 Å². The van der Waals surface area contributed by atoms with E-state index in [1.165, 1.54) is 0 Å². The number of likely N-dealkylation sites (N-methyl/N-ethyl adjacent to an activating group) is 1. The predicted molar refractivity (Wildman–Crippen MR) is 99.8 cm³/mol.